The predicted octanol–water partition coefficient (Wildman–Crippen LogP) is 5.18. The summed E-state index contributed by atoms with van der Waals surface area (Å²) in [6.45, 7) is 6.77. The lowest BCUT2D eigenvalue weighted by Gasteiger charge is -2.45. The lowest BCUT2D eigenvalue weighted by atomic mass is 9.99. The highest BCUT2D eigenvalue weighted by molar-refractivity contribution is 6.99. The summed E-state index contributed by atoms with van der Waals surface area (Å²) in [6, 6.07) is 23.0. The fourth-order valence-electron chi connectivity index (χ4n) is 5.48. The van der Waals surface area contributed by atoms with E-state index in [9.17, 15) is 4.79 Å². The zero-order chi connectivity index (χ0) is 25.9. The van der Waals surface area contributed by atoms with Gasteiger partial charge in [-0.3, -0.25) is 4.79 Å². The van der Waals surface area contributed by atoms with E-state index in [1.54, 1.807) is 21.3 Å². The van der Waals surface area contributed by atoms with Crippen LogP contribution in [0.3, 0.4) is 0 Å². The summed E-state index contributed by atoms with van der Waals surface area (Å²) < 4.78 is 24.1. The highest BCUT2D eigenvalue weighted by atomic mass is 28.4. The Kier molecular flexibility index (Phi) is 7.57. The smallest absolute Gasteiger partial charge is 0.261 e. The maximum atomic E-state index is 13.7. The molecule has 6 heteroatoms. The van der Waals surface area contributed by atoms with Gasteiger partial charge in [-0.15, -0.1) is 0 Å². The van der Waals surface area contributed by atoms with Crippen LogP contribution in [0.15, 0.2) is 66.7 Å². The number of aryl methyl sites for hydroxylation is 1. The Morgan fingerprint density at radius 1 is 0.806 bits per heavy atom. The Hall–Kier alpha value is -3.09. The average Bonchev–Trinajstić information content (AvgIpc) is 3.04. The van der Waals surface area contributed by atoms with Gasteiger partial charge in [0.25, 0.3) is 8.32 Å². The first-order valence-corrected chi connectivity index (χ1v) is 14.3. The number of carbonyl (C=O) groups is 1. The van der Waals surface area contributed by atoms with E-state index in [1.165, 1.54) is 10.4 Å². The van der Waals surface area contributed by atoms with Gasteiger partial charge in [-0.1, -0.05) is 81.4 Å². The molecule has 0 bridgehead atoms. The van der Waals surface area contributed by atoms with Gasteiger partial charge in [0.1, 0.15) is 0 Å². The van der Waals surface area contributed by atoms with Gasteiger partial charge in [-0.05, 0) is 39.9 Å². The Balaban J connectivity index is 1.80. The summed E-state index contributed by atoms with van der Waals surface area (Å²) in [5.74, 6) is 1.44. The van der Waals surface area contributed by atoms with Crippen molar-refractivity contribution >= 4 is 24.5 Å². The van der Waals surface area contributed by atoms with Gasteiger partial charge in [-0.2, -0.15) is 0 Å². The molecule has 190 valence electrons. The zero-order valence-electron chi connectivity index (χ0n) is 22.1. The highest BCUT2D eigenvalue weighted by Gasteiger charge is 2.51. The molecule has 0 spiro atoms. The molecule has 3 aromatic carbocycles. The second-order valence-corrected chi connectivity index (χ2v) is 14.5. The van der Waals surface area contributed by atoms with E-state index in [2.05, 4.69) is 69.3 Å². The largest absolute Gasteiger partial charge is 0.493 e. The fraction of sp³-hybridized carbons (Fsp3) is 0.367. The molecule has 0 saturated carbocycles. The van der Waals surface area contributed by atoms with Crippen LogP contribution in [0.25, 0.3) is 0 Å². The Morgan fingerprint density at radius 2 is 1.36 bits per heavy atom. The molecule has 1 aliphatic carbocycles. The minimum absolute atomic E-state index is 0.00300. The molecule has 0 N–H and O–H groups in total. The third kappa shape index (κ3) is 4.55. The number of ketones is 1. The molecule has 0 aromatic heterocycles. The van der Waals surface area contributed by atoms with Crippen LogP contribution in [-0.2, 0) is 10.8 Å². The number of hydrogen-bond donors (Lipinski definition) is 0. The van der Waals surface area contributed by atoms with Crippen molar-refractivity contribution in [1.82, 2.24) is 0 Å². The monoisotopic (exact) mass is 504 g/mol. The van der Waals surface area contributed by atoms with Crippen molar-refractivity contribution in [2.24, 2.45) is 0 Å². The van der Waals surface area contributed by atoms with Crippen LogP contribution in [0.5, 0.6) is 17.2 Å². The van der Waals surface area contributed by atoms with Crippen molar-refractivity contribution < 1.29 is 23.4 Å². The molecule has 1 aliphatic rings. The molecule has 0 saturated heterocycles. The first kappa shape index (κ1) is 26.0. The minimum Gasteiger partial charge on any atom is -0.493 e. The second-order valence-electron chi connectivity index (χ2n) is 10.2. The quantitative estimate of drug-likeness (QED) is 0.328. The number of Topliss-reactive ketones (excluding diaryl/α,β-unsaturated/α-hetero) is 1. The number of benzene rings is 3. The van der Waals surface area contributed by atoms with Gasteiger partial charge in [-0.25, -0.2) is 0 Å². The van der Waals surface area contributed by atoms with Crippen LogP contribution in [0.1, 0.15) is 49.5 Å². The molecule has 0 radical (unpaired) electrons. The van der Waals surface area contributed by atoms with E-state index in [0.29, 0.717) is 29.2 Å². The number of methoxy groups -OCH3 is 3. The summed E-state index contributed by atoms with van der Waals surface area (Å²) in [7, 11) is 1.93. The van der Waals surface area contributed by atoms with Crippen molar-refractivity contribution in [3.63, 3.8) is 0 Å². The van der Waals surface area contributed by atoms with Crippen LogP contribution in [-0.4, -0.2) is 41.5 Å². The molecule has 3 aromatic rings. The standard InChI is InChI=1S/C30H36O5Si/c1-30(2,3)36(23-13-9-7-10-14-23,24-15-11-8-12-16-24)35-22-18-17-21-19-26(32-4)28(33-5)29(34-6)27(21)25(31)20-22/h7-16,19,22H,17-18,20H2,1-6H3. The Labute approximate surface area is 215 Å². The first-order valence-electron chi connectivity index (χ1n) is 12.4. The van der Waals surface area contributed by atoms with Crippen molar-refractivity contribution in [2.45, 2.75) is 51.2 Å². The normalized spacial score (nSPS) is 16.2. The van der Waals surface area contributed by atoms with E-state index in [0.717, 1.165) is 12.0 Å². The van der Waals surface area contributed by atoms with Crippen molar-refractivity contribution in [2.75, 3.05) is 21.3 Å². The first-order chi connectivity index (χ1) is 17.3. The lowest BCUT2D eigenvalue weighted by Crippen LogP contribution is -2.67. The van der Waals surface area contributed by atoms with Crippen molar-refractivity contribution in [3.05, 3.63) is 77.9 Å². The molecule has 36 heavy (non-hydrogen) atoms. The molecule has 0 heterocycles. The fourth-order valence-corrected chi connectivity index (χ4v) is 10.2. The summed E-state index contributed by atoms with van der Waals surface area (Å²) in [5.41, 5.74) is 1.48. The Morgan fingerprint density at radius 3 is 1.83 bits per heavy atom. The third-order valence-electron chi connectivity index (χ3n) is 7.10. The van der Waals surface area contributed by atoms with Gasteiger partial charge >= 0.3 is 0 Å². The molecule has 1 atom stereocenters. The molecule has 1 unspecified atom stereocenters. The topological polar surface area (TPSA) is 54.0 Å². The van der Waals surface area contributed by atoms with Crippen molar-refractivity contribution in [1.29, 1.82) is 0 Å². The van der Waals surface area contributed by atoms with Crippen molar-refractivity contribution in [3.8, 4) is 17.2 Å². The van der Waals surface area contributed by atoms with Crippen LogP contribution >= 0.6 is 0 Å². The molecule has 0 aliphatic heterocycles. The summed E-state index contributed by atoms with van der Waals surface area (Å²) in [6.07, 6.45) is 1.45. The van der Waals surface area contributed by atoms with Gasteiger partial charge in [0.2, 0.25) is 5.75 Å². The maximum Gasteiger partial charge on any atom is 0.261 e. The Bertz CT molecular complexity index is 1160. The van der Waals surface area contributed by atoms with Gasteiger partial charge in [0.15, 0.2) is 17.3 Å². The van der Waals surface area contributed by atoms with Crippen LogP contribution in [0.4, 0.5) is 0 Å². The van der Waals surface area contributed by atoms with E-state index in [4.69, 9.17) is 18.6 Å². The predicted molar refractivity (Wildman–Crippen MR) is 146 cm³/mol. The zero-order valence-corrected chi connectivity index (χ0v) is 23.1. The second kappa shape index (κ2) is 10.5. The van der Waals surface area contributed by atoms with E-state index in [-0.39, 0.29) is 23.3 Å². The SMILES string of the molecule is COc1cc2c(c(OC)c1OC)C(=O)CC(O[Si](c1ccccc1)(c1ccccc1)C(C)(C)C)CC2. The molecular formula is C30H36O5Si. The molecule has 0 amide bonds. The summed E-state index contributed by atoms with van der Waals surface area (Å²) in [5, 5.41) is 2.25. The summed E-state index contributed by atoms with van der Waals surface area (Å²) in [4.78, 5) is 13.7. The van der Waals surface area contributed by atoms with Gasteiger partial charge in [0, 0.05) is 6.42 Å². The van der Waals surface area contributed by atoms with Crippen LogP contribution in [0.2, 0.25) is 5.04 Å². The molecule has 4 rings (SSSR count). The third-order valence-corrected chi connectivity index (χ3v) is 12.2. The van der Waals surface area contributed by atoms with E-state index < -0.39 is 8.32 Å². The molecule has 0 fully saturated rings. The number of rotatable bonds is 7. The number of carbonyl (C=O) groups excluding carboxylic acids is 1. The molecule has 5 nitrogen and oxygen atoms in total. The van der Waals surface area contributed by atoms with Crippen LogP contribution in [0, 0.1) is 0 Å². The number of fused-ring (bicyclic) bond motifs is 1. The highest BCUT2D eigenvalue weighted by Crippen LogP contribution is 2.45. The summed E-state index contributed by atoms with van der Waals surface area (Å²) >= 11 is 0. The maximum absolute atomic E-state index is 13.7. The van der Waals surface area contributed by atoms with Crippen LogP contribution < -0.4 is 24.6 Å². The minimum atomic E-state index is -2.78. The lowest BCUT2D eigenvalue weighted by molar-refractivity contribution is 0.0896. The van der Waals surface area contributed by atoms with E-state index >= 15 is 0 Å². The van der Waals surface area contributed by atoms with Gasteiger partial charge < -0.3 is 18.6 Å². The average molecular weight is 505 g/mol. The van der Waals surface area contributed by atoms with Gasteiger partial charge in [0.05, 0.1) is 33.0 Å². The molecular weight excluding hydrogens is 468 g/mol. The number of ether oxygens (including phenoxy) is 3. The number of hydrogen-bond acceptors (Lipinski definition) is 5. The van der Waals surface area contributed by atoms with E-state index in [1.807, 2.05) is 18.2 Å².